The third-order valence-corrected chi connectivity index (χ3v) is 2.10. The summed E-state index contributed by atoms with van der Waals surface area (Å²) >= 11 is 0. The van der Waals surface area contributed by atoms with E-state index in [0.29, 0.717) is 13.1 Å². The summed E-state index contributed by atoms with van der Waals surface area (Å²) in [6.07, 6.45) is 0.423. The normalized spacial score (nSPS) is 16.1. The average molecular weight is 232 g/mol. The van der Waals surface area contributed by atoms with Crippen molar-refractivity contribution in [2.24, 2.45) is 0 Å². The maximum absolute atomic E-state index is 13.3. The van der Waals surface area contributed by atoms with Crippen LogP contribution in [0.15, 0.2) is 0 Å². The Morgan fingerprint density at radius 3 is 2.19 bits per heavy atom. The number of urea groups is 1. The van der Waals surface area contributed by atoms with Crippen LogP contribution in [-0.2, 0) is 4.74 Å². The van der Waals surface area contributed by atoms with E-state index in [9.17, 15) is 14.1 Å². The number of likely N-dealkylation sites (tertiary alicyclic amines) is 1. The molecule has 0 N–H and O–H groups in total. The van der Waals surface area contributed by atoms with Gasteiger partial charge >= 0.3 is 12.1 Å². The Bertz CT molecular complexity index is 282. The molecule has 0 radical (unpaired) electrons. The smallest absolute Gasteiger partial charge is 0.442 e. The van der Waals surface area contributed by atoms with Crippen molar-refractivity contribution in [2.45, 2.75) is 39.2 Å². The van der Waals surface area contributed by atoms with Crippen molar-refractivity contribution < 1.29 is 18.8 Å². The molecular formula is C10H17FN2O3. The Hall–Kier alpha value is -1.33. The Balaban J connectivity index is 2.52. The van der Waals surface area contributed by atoms with Gasteiger partial charge in [0.15, 0.2) is 0 Å². The number of imide groups is 1. The molecule has 0 aromatic rings. The molecular weight excluding hydrogens is 215 g/mol. The zero-order valence-electron chi connectivity index (χ0n) is 9.83. The fourth-order valence-corrected chi connectivity index (χ4v) is 1.41. The van der Waals surface area contributed by atoms with Crippen LogP contribution >= 0.6 is 0 Å². The zero-order chi connectivity index (χ0) is 12.3. The number of carbonyl (C=O) groups is 2. The maximum Gasteiger partial charge on any atom is 0.447 e. The second kappa shape index (κ2) is 4.67. The number of ether oxygens (including phenoxy) is 1. The third-order valence-electron chi connectivity index (χ3n) is 2.10. The Labute approximate surface area is 94.1 Å². The molecule has 1 saturated heterocycles. The van der Waals surface area contributed by atoms with Crippen LogP contribution in [-0.4, -0.2) is 40.8 Å². The molecule has 1 fully saturated rings. The highest BCUT2D eigenvalue weighted by atomic mass is 19.2. The summed E-state index contributed by atoms with van der Waals surface area (Å²) in [5.41, 5.74) is -0.813. The van der Waals surface area contributed by atoms with Crippen molar-refractivity contribution in [1.29, 1.82) is 0 Å². The van der Waals surface area contributed by atoms with E-state index in [1.54, 1.807) is 20.8 Å². The first kappa shape index (κ1) is 12.7. The molecule has 0 bridgehead atoms. The number of hydrogen-bond acceptors (Lipinski definition) is 3. The Morgan fingerprint density at radius 1 is 1.25 bits per heavy atom. The number of hydrogen-bond donors (Lipinski definition) is 0. The minimum Gasteiger partial charge on any atom is -0.442 e. The first-order valence-electron chi connectivity index (χ1n) is 5.29. The fraction of sp³-hybridized carbons (Fsp3) is 0.800. The molecule has 92 valence electrons. The molecule has 0 spiro atoms. The highest BCUT2D eigenvalue weighted by molar-refractivity contribution is 5.89. The SMILES string of the molecule is CC(C)(C)OC(=O)N(F)C(=O)N1CCCC1. The number of carbonyl (C=O) groups excluding carboxylic acids is 2. The van der Waals surface area contributed by atoms with Crippen molar-refractivity contribution >= 4 is 12.1 Å². The van der Waals surface area contributed by atoms with E-state index in [2.05, 4.69) is 0 Å². The molecule has 1 heterocycles. The second-order valence-electron chi connectivity index (χ2n) is 4.74. The summed E-state index contributed by atoms with van der Waals surface area (Å²) in [4.78, 5) is 24.0. The standard InChI is InChI=1S/C10H17FN2O3/c1-10(2,3)16-9(15)13(11)8(14)12-6-4-5-7-12/h4-7H2,1-3H3. The van der Waals surface area contributed by atoms with Crippen molar-refractivity contribution in [1.82, 2.24) is 10.0 Å². The molecule has 6 heteroatoms. The van der Waals surface area contributed by atoms with Gasteiger partial charge in [-0.15, -0.1) is 0 Å². The van der Waals surface area contributed by atoms with E-state index in [0.717, 1.165) is 12.8 Å². The van der Waals surface area contributed by atoms with Crippen molar-refractivity contribution in [3.63, 3.8) is 0 Å². The van der Waals surface area contributed by atoms with Crippen LogP contribution in [0.25, 0.3) is 0 Å². The van der Waals surface area contributed by atoms with Crippen LogP contribution in [0.4, 0.5) is 14.1 Å². The molecule has 0 atom stereocenters. The number of halogens is 1. The molecule has 1 rings (SSSR count). The quantitative estimate of drug-likeness (QED) is 0.602. The first-order valence-corrected chi connectivity index (χ1v) is 5.29. The molecule has 0 aliphatic carbocycles. The molecule has 0 aromatic heterocycles. The summed E-state index contributed by atoms with van der Waals surface area (Å²) in [5.74, 6) is 0. The topological polar surface area (TPSA) is 49.9 Å². The van der Waals surface area contributed by atoms with E-state index < -0.39 is 22.8 Å². The molecule has 16 heavy (non-hydrogen) atoms. The van der Waals surface area contributed by atoms with Gasteiger partial charge in [0, 0.05) is 13.1 Å². The van der Waals surface area contributed by atoms with Crippen molar-refractivity contribution in [3.8, 4) is 0 Å². The van der Waals surface area contributed by atoms with Gasteiger partial charge < -0.3 is 9.64 Å². The van der Waals surface area contributed by atoms with Gasteiger partial charge in [0.2, 0.25) is 0 Å². The average Bonchev–Trinajstić information content (AvgIpc) is 2.65. The highest BCUT2D eigenvalue weighted by Crippen LogP contribution is 2.14. The van der Waals surface area contributed by atoms with Gasteiger partial charge in [0.05, 0.1) is 0 Å². The molecule has 0 unspecified atom stereocenters. The molecule has 1 aliphatic rings. The lowest BCUT2D eigenvalue weighted by Gasteiger charge is -2.23. The second-order valence-corrected chi connectivity index (χ2v) is 4.74. The number of rotatable bonds is 0. The van der Waals surface area contributed by atoms with Crippen LogP contribution in [0.5, 0.6) is 0 Å². The predicted molar refractivity (Wildman–Crippen MR) is 55.4 cm³/mol. The number of nitrogens with zero attached hydrogens (tertiary/aromatic N) is 2. The lowest BCUT2D eigenvalue weighted by molar-refractivity contribution is -0.0158. The highest BCUT2D eigenvalue weighted by Gasteiger charge is 2.32. The predicted octanol–water partition coefficient (Wildman–Crippen LogP) is 2.32. The van der Waals surface area contributed by atoms with Crippen LogP contribution in [0.3, 0.4) is 0 Å². The van der Waals surface area contributed by atoms with E-state index in [4.69, 9.17) is 4.74 Å². The van der Waals surface area contributed by atoms with Crippen molar-refractivity contribution in [3.05, 3.63) is 0 Å². The van der Waals surface area contributed by atoms with E-state index in [1.807, 2.05) is 0 Å². The fourth-order valence-electron chi connectivity index (χ4n) is 1.41. The largest absolute Gasteiger partial charge is 0.447 e. The number of amides is 3. The lowest BCUT2D eigenvalue weighted by Crippen LogP contribution is -2.42. The van der Waals surface area contributed by atoms with Crippen molar-refractivity contribution in [2.75, 3.05) is 13.1 Å². The van der Waals surface area contributed by atoms with E-state index in [-0.39, 0.29) is 0 Å². The summed E-state index contributed by atoms with van der Waals surface area (Å²) in [6, 6.07) is -0.938. The zero-order valence-corrected chi connectivity index (χ0v) is 9.83. The van der Waals surface area contributed by atoms with Crippen LogP contribution in [0.1, 0.15) is 33.6 Å². The van der Waals surface area contributed by atoms with Gasteiger partial charge in [-0.3, -0.25) is 0 Å². The van der Waals surface area contributed by atoms with Crippen LogP contribution in [0.2, 0.25) is 0 Å². The van der Waals surface area contributed by atoms with Gasteiger partial charge in [0.1, 0.15) is 5.60 Å². The van der Waals surface area contributed by atoms with Gasteiger partial charge in [-0.05, 0) is 33.6 Å². The minimum absolute atomic E-state index is 0.462. The summed E-state index contributed by atoms with van der Waals surface area (Å²) in [5, 5.41) is -0.462. The first-order chi connectivity index (χ1) is 7.31. The summed E-state index contributed by atoms with van der Waals surface area (Å²) < 4.78 is 18.1. The summed E-state index contributed by atoms with van der Waals surface area (Å²) in [6.45, 7) is 5.81. The maximum atomic E-state index is 13.3. The van der Waals surface area contributed by atoms with Gasteiger partial charge in [-0.25, -0.2) is 9.59 Å². The molecule has 1 aliphatic heterocycles. The molecule has 0 saturated carbocycles. The van der Waals surface area contributed by atoms with Crippen LogP contribution in [0, 0.1) is 0 Å². The molecule has 5 nitrogen and oxygen atoms in total. The van der Waals surface area contributed by atoms with E-state index >= 15 is 0 Å². The van der Waals surface area contributed by atoms with Gasteiger partial charge in [-0.2, -0.15) is 0 Å². The monoisotopic (exact) mass is 232 g/mol. The lowest BCUT2D eigenvalue weighted by atomic mass is 10.2. The molecule has 3 amide bonds. The van der Waals surface area contributed by atoms with Gasteiger partial charge in [0.25, 0.3) is 0 Å². The Kier molecular flexibility index (Phi) is 3.72. The Morgan fingerprint density at radius 2 is 1.75 bits per heavy atom. The van der Waals surface area contributed by atoms with E-state index in [1.165, 1.54) is 4.90 Å². The van der Waals surface area contributed by atoms with Crippen LogP contribution < -0.4 is 0 Å². The van der Waals surface area contributed by atoms with Gasteiger partial charge in [-0.1, -0.05) is 9.60 Å². The minimum atomic E-state index is -1.26. The molecule has 0 aromatic carbocycles. The summed E-state index contributed by atoms with van der Waals surface area (Å²) in [7, 11) is 0. The third kappa shape index (κ3) is 3.36.